The SMILES string of the molecule is CC(CO)NCc1ccc(-c2cc(-c3cncc(-c4ccc(=O)n(C(C)(C)C#N)c4)n3)on2)cc1. The molecule has 0 fully saturated rings. The summed E-state index contributed by atoms with van der Waals surface area (Å²) < 4.78 is 6.93. The number of nitrogens with zero attached hydrogens (tertiary/aromatic N) is 5. The Labute approximate surface area is 202 Å². The van der Waals surface area contributed by atoms with Gasteiger partial charge >= 0.3 is 0 Å². The molecular formula is C26H26N6O3. The largest absolute Gasteiger partial charge is 0.395 e. The fraction of sp³-hybridized carbons (Fsp3) is 0.269. The number of hydrogen-bond acceptors (Lipinski definition) is 8. The van der Waals surface area contributed by atoms with Crippen LogP contribution < -0.4 is 10.9 Å². The number of pyridine rings is 1. The molecule has 1 aromatic carbocycles. The first-order valence-electron chi connectivity index (χ1n) is 11.2. The van der Waals surface area contributed by atoms with E-state index in [0.29, 0.717) is 35.0 Å². The number of nitriles is 1. The molecule has 0 radical (unpaired) electrons. The number of rotatable bonds is 8. The van der Waals surface area contributed by atoms with E-state index in [2.05, 4.69) is 26.5 Å². The number of aromatic nitrogens is 4. The number of benzene rings is 1. The zero-order valence-electron chi connectivity index (χ0n) is 19.8. The zero-order valence-corrected chi connectivity index (χ0v) is 19.8. The Morgan fingerprint density at radius 1 is 1.11 bits per heavy atom. The summed E-state index contributed by atoms with van der Waals surface area (Å²) in [6, 6.07) is 15.0. The summed E-state index contributed by atoms with van der Waals surface area (Å²) in [5, 5.41) is 26.0. The maximum atomic E-state index is 12.3. The monoisotopic (exact) mass is 470 g/mol. The van der Waals surface area contributed by atoms with Crippen molar-refractivity contribution in [1.82, 2.24) is 25.0 Å². The highest BCUT2D eigenvalue weighted by Crippen LogP contribution is 2.27. The average Bonchev–Trinajstić information content (AvgIpc) is 3.38. The summed E-state index contributed by atoms with van der Waals surface area (Å²) >= 11 is 0. The van der Waals surface area contributed by atoms with Gasteiger partial charge in [-0.05, 0) is 32.4 Å². The molecule has 0 saturated carbocycles. The lowest BCUT2D eigenvalue weighted by Gasteiger charge is -2.19. The Balaban J connectivity index is 1.57. The molecule has 0 aliphatic carbocycles. The summed E-state index contributed by atoms with van der Waals surface area (Å²) in [7, 11) is 0. The normalized spacial score (nSPS) is 12.3. The van der Waals surface area contributed by atoms with Crippen LogP contribution in [-0.4, -0.2) is 37.4 Å². The predicted octanol–water partition coefficient (Wildman–Crippen LogP) is 3.36. The maximum Gasteiger partial charge on any atom is 0.251 e. The molecule has 0 bridgehead atoms. The van der Waals surface area contributed by atoms with Crippen LogP contribution in [0.4, 0.5) is 0 Å². The maximum absolute atomic E-state index is 12.3. The first-order valence-corrected chi connectivity index (χ1v) is 11.2. The molecule has 35 heavy (non-hydrogen) atoms. The van der Waals surface area contributed by atoms with Crippen molar-refractivity contribution in [1.29, 1.82) is 5.26 Å². The van der Waals surface area contributed by atoms with Gasteiger partial charge in [0.25, 0.3) is 5.56 Å². The van der Waals surface area contributed by atoms with E-state index in [-0.39, 0.29) is 18.2 Å². The third-order valence-corrected chi connectivity index (χ3v) is 5.66. The van der Waals surface area contributed by atoms with Gasteiger partial charge in [-0.25, -0.2) is 4.98 Å². The van der Waals surface area contributed by atoms with E-state index in [4.69, 9.17) is 9.63 Å². The van der Waals surface area contributed by atoms with Crippen LogP contribution in [0.1, 0.15) is 26.3 Å². The Hall–Kier alpha value is -4.13. The highest BCUT2D eigenvalue weighted by molar-refractivity contribution is 5.66. The molecule has 0 amide bonds. The fourth-order valence-corrected chi connectivity index (χ4v) is 3.44. The summed E-state index contributed by atoms with van der Waals surface area (Å²) in [5.41, 5.74) is 3.08. The van der Waals surface area contributed by atoms with Crippen molar-refractivity contribution < 1.29 is 9.63 Å². The molecule has 4 aromatic rings. The smallest absolute Gasteiger partial charge is 0.251 e. The second-order valence-corrected chi connectivity index (χ2v) is 8.82. The summed E-state index contributed by atoms with van der Waals surface area (Å²) in [5.74, 6) is 0.461. The Kier molecular flexibility index (Phi) is 6.87. The first-order chi connectivity index (χ1) is 16.8. The molecule has 178 valence electrons. The number of nitrogens with one attached hydrogen (secondary N) is 1. The van der Waals surface area contributed by atoms with Crippen molar-refractivity contribution >= 4 is 0 Å². The number of hydrogen-bond donors (Lipinski definition) is 2. The highest BCUT2D eigenvalue weighted by atomic mass is 16.5. The molecule has 9 heteroatoms. The van der Waals surface area contributed by atoms with Crippen LogP contribution in [0.2, 0.25) is 0 Å². The van der Waals surface area contributed by atoms with Crippen LogP contribution in [0, 0.1) is 11.3 Å². The molecule has 0 saturated heterocycles. The van der Waals surface area contributed by atoms with Crippen LogP contribution in [0.25, 0.3) is 34.0 Å². The van der Waals surface area contributed by atoms with E-state index < -0.39 is 5.54 Å². The summed E-state index contributed by atoms with van der Waals surface area (Å²) in [6.07, 6.45) is 4.79. The standard InChI is InChI=1S/C26H26N6O3/c1-17(15-33)29-11-18-4-6-19(7-5-18)21-10-24(35-31-21)23-13-28-12-22(30-23)20-8-9-25(34)32(14-20)26(2,3)16-27/h4-10,12-14,17,29,33H,11,15H2,1-3H3. The lowest BCUT2D eigenvalue weighted by atomic mass is 10.1. The molecule has 3 heterocycles. The molecule has 1 unspecified atom stereocenters. The van der Waals surface area contributed by atoms with Gasteiger partial charge in [-0.15, -0.1) is 0 Å². The molecule has 0 aliphatic rings. The van der Waals surface area contributed by atoms with Crippen LogP contribution in [0.3, 0.4) is 0 Å². The lowest BCUT2D eigenvalue weighted by Crippen LogP contribution is -2.34. The van der Waals surface area contributed by atoms with Gasteiger partial charge in [0.1, 0.15) is 16.9 Å². The van der Waals surface area contributed by atoms with E-state index in [1.807, 2.05) is 31.2 Å². The Bertz CT molecular complexity index is 1420. The minimum atomic E-state index is -0.999. The van der Waals surface area contributed by atoms with Gasteiger partial charge in [0, 0.05) is 42.0 Å². The molecule has 9 nitrogen and oxygen atoms in total. The van der Waals surface area contributed by atoms with Crippen molar-refractivity contribution in [2.45, 2.75) is 38.9 Å². The summed E-state index contributed by atoms with van der Waals surface area (Å²) in [4.78, 5) is 21.2. The van der Waals surface area contributed by atoms with Crippen molar-refractivity contribution in [2.75, 3.05) is 6.61 Å². The van der Waals surface area contributed by atoms with Crippen molar-refractivity contribution in [3.05, 3.63) is 77.0 Å². The molecule has 0 aliphatic heterocycles. The summed E-state index contributed by atoms with van der Waals surface area (Å²) in [6.45, 7) is 6.02. The minimum Gasteiger partial charge on any atom is -0.395 e. The van der Waals surface area contributed by atoms with Crippen molar-refractivity contribution in [3.8, 4) is 40.0 Å². The third-order valence-electron chi connectivity index (χ3n) is 5.66. The zero-order chi connectivity index (χ0) is 25.0. The Morgan fingerprint density at radius 2 is 1.83 bits per heavy atom. The molecule has 2 N–H and O–H groups in total. The fourth-order valence-electron chi connectivity index (χ4n) is 3.44. The van der Waals surface area contributed by atoms with Crippen LogP contribution in [0.15, 0.2) is 70.4 Å². The van der Waals surface area contributed by atoms with E-state index in [1.54, 1.807) is 44.6 Å². The van der Waals surface area contributed by atoms with E-state index in [0.717, 1.165) is 11.1 Å². The lowest BCUT2D eigenvalue weighted by molar-refractivity contribution is 0.251. The van der Waals surface area contributed by atoms with E-state index in [1.165, 1.54) is 10.6 Å². The second-order valence-electron chi connectivity index (χ2n) is 8.82. The van der Waals surface area contributed by atoms with Gasteiger partial charge < -0.3 is 14.9 Å². The highest BCUT2D eigenvalue weighted by Gasteiger charge is 2.21. The van der Waals surface area contributed by atoms with Gasteiger partial charge in [-0.1, -0.05) is 29.4 Å². The van der Waals surface area contributed by atoms with Gasteiger partial charge in [0.05, 0.1) is 30.8 Å². The number of aliphatic hydroxyl groups excluding tert-OH is 1. The minimum absolute atomic E-state index is 0.0332. The van der Waals surface area contributed by atoms with Gasteiger partial charge in [-0.3, -0.25) is 14.3 Å². The van der Waals surface area contributed by atoms with Gasteiger partial charge in [-0.2, -0.15) is 5.26 Å². The molecule has 3 aromatic heterocycles. The van der Waals surface area contributed by atoms with Crippen molar-refractivity contribution in [2.24, 2.45) is 0 Å². The Morgan fingerprint density at radius 3 is 2.54 bits per heavy atom. The van der Waals surface area contributed by atoms with Gasteiger partial charge in [0.15, 0.2) is 5.76 Å². The topological polar surface area (TPSA) is 130 Å². The van der Waals surface area contributed by atoms with E-state index >= 15 is 0 Å². The average molecular weight is 471 g/mol. The first kappa shape index (κ1) is 24.0. The van der Waals surface area contributed by atoms with E-state index in [9.17, 15) is 10.1 Å². The second kappa shape index (κ2) is 10.0. The molecule has 1 atom stereocenters. The van der Waals surface area contributed by atoms with Crippen LogP contribution >= 0.6 is 0 Å². The predicted molar refractivity (Wildman–Crippen MR) is 131 cm³/mol. The molecular weight excluding hydrogens is 444 g/mol. The number of aliphatic hydroxyl groups is 1. The van der Waals surface area contributed by atoms with Gasteiger partial charge in [0.2, 0.25) is 0 Å². The van der Waals surface area contributed by atoms with Crippen LogP contribution in [-0.2, 0) is 12.1 Å². The molecule has 4 rings (SSSR count). The van der Waals surface area contributed by atoms with Crippen molar-refractivity contribution in [3.63, 3.8) is 0 Å². The quantitative estimate of drug-likeness (QED) is 0.401. The molecule has 0 spiro atoms. The van der Waals surface area contributed by atoms with Crippen LogP contribution in [0.5, 0.6) is 0 Å². The third kappa shape index (κ3) is 5.35.